The van der Waals surface area contributed by atoms with Crippen molar-refractivity contribution in [3.63, 3.8) is 0 Å². The predicted octanol–water partition coefficient (Wildman–Crippen LogP) is 2.86. The third kappa shape index (κ3) is 5.74. The Morgan fingerprint density at radius 2 is 1.75 bits per heavy atom. The highest BCUT2D eigenvalue weighted by Gasteiger charge is 2.12. The van der Waals surface area contributed by atoms with Gasteiger partial charge in [0.05, 0.1) is 6.54 Å². The predicted molar refractivity (Wildman–Crippen MR) is 82.4 cm³/mol. The Bertz CT molecular complexity index is 383. The van der Waals surface area contributed by atoms with E-state index in [0.29, 0.717) is 13.1 Å². The van der Waals surface area contributed by atoms with E-state index in [-0.39, 0.29) is 5.91 Å². The van der Waals surface area contributed by atoms with Crippen molar-refractivity contribution in [3.05, 3.63) is 35.9 Å². The molecule has 0 spiro atoms. The van der Waals surface area contributed by atoms with Crippen LogP contribution in [0.15, 0.2) is 30.3 Å². The van der Waals surface area contributed by atoms with Gasteiger partial charge in [0.1, 0.15) is 0 Å². The number of benzene rings is 1. The summed E-state index contributed by atoms with van der Waals surface area (Å²) in [7, 11) is 0. The molecule has 110 valence electrons. The molecule has 0 atom stereocenters. The van der Waals surface area contributed by atoms with E-state index in [2.05, 4.69) is 10.6 Å². The number of carbonyl (C=O) groups is 1. The molecule has 2 rings (SSSR count). The molecule has 0 bridgehead atoms. The van der Waals surface area contributed by atoms with Crippen molar-refractivity contribution in [1.82, 2.24) is 10.6 Å². The topological polar surface area (TPSA) is 41.1 Å². The van der Waals surface area contributed by atoms with Gasteiger partial charge in [0.25, 0.3) is 0 Å². The zero-order valence-corrected chi connectivity index (χ0v) is 12.2. The van der Waals surface area contributed by atoms with Crippen molar-refractivity contribution in [2.45, 2.75) is 45.1 Å². The van der Waals surface area contributed by atoms with Crippen LogP contribution in [0.25, 0.3) is 0 Å². The summed E-state index contributed by atoms with van der Waals surface area (Å²) in [6, 6.07) is 10.0. The highest BCUT2D eigenvalue weighted by atomic mass is 16.1. The van der Waals surface area contributed by atoms with E-state index in [4.69, 9.17) is 0 Å². The first-order valence-electron chi connectivity index (χ1n) is 7.86. The maximum atomic E-state index is 11.8. The van der Waals surface area contributed by atoms with Crippen LogP contribution in [0.3, 0.4) is 0 Å². The Morgan fingerprint density at radius 3 is 2.45 bits per heavy atom. The van der Waals surface area contributed by atoms with E-state index in [0.717, 1.165) is 18.0 Å². The van der Waals surface area contributed by atoms with Crippen LogP contribution in [0.2, 0.25) is 0 Å². The lowest BCUT2D eigenvalue weighted by molar-refractivity contribution is -0.120. The Hall–Kier alpha value is -1.35. The van der Waals surface area contributed by atoms with Crippen LogP contribution in [0.4, 0.5) is 0 Å². The Labute approximate surface area is 122 Å². The number of rotatable bonds is 6. The van der Waals surface area contributed by atoms with Crippen molar-refractivity contribution in [2.75, 3.05) is 13.1 Å². The summed E-state index contributed by atoms with van der Waals surface area (Å²) >= 11 is 0. The highest BCUT2D eigenvalue weighted by Crippen LogP contribution is 2.21. The summed E-state index contributed by atoms with van der Waals surface area (Å²) in [5.74, 6) is 0.849. The Morgan fingerprint density at radius 1 is 1.05 bits per heavy atom. The number of amides is 1. The summed E-state index contributed by atoms with van der Waals surface area (Å²) in [5, 5.41) is 6.25. The SMILES string of the molecule is O=C(CNCC1CCCCCC1)NCc1ccccc1. The lowest BCUT2D eigenvalue weighted by Gasteiger charge is -2.14. The molecule has 1 aromatic rings. The van der Waals surface area contributed by atoms with Gasteiger partial charge < -0.3 is 10.6 Å². The van der Waals surface area contributed by atoms with Crippen LogP contribution in [0.1, 0.15) is 44.1 Å². The fourth-order valence-corrected chi connectivity index (χ4v) is 2.82. The van der Waals surface area contributed by atoms with Crippen LogP contribution in [-0.4, -0.2) is 19.0 Å². The van der Waals surface area contributed by atoms with Crippen LogP contribution in [-0.2, 0) is 11.3 Å². The number of nitrogens with one attached hydrogen (secondary N) is 2. The molecule has 1 fully saturated rings. The molecule has 0 saturated heterocycles. The minimum atomic E-state index is 0.0856. The molecule has 0 radical (unpaired) electrons. The van der Waals surface area contributed by atoms with Gasteiger partial charge in [0, 0.05) is 6.54 Å². The third-order valence-electron chi connectivity index (χ3n) is 4.03. The van der Waals surface area contributed by atoms with Gasteiger partial charge in [0.15, 0.2) is 0 Å². The van der Waals surface area contributed by atoms with Gasteiger partial charge in [-0.15, -0.1) is 0 Å². The second-order valence-electron chi connectivity index (χ2n) is 5.75. The molecule has 1 amide bonds. The fourth-order valence-electron chi connectivity index (χ4n) is 2.82. The summed E-state index contributed by atoms with van der Waals surface area (Å²) < 4.78 is 0. The first-order chi connectivity index (χ1) is 9.84. The third-order valence-corrected chi connectivity index (χ3v) is 4.03. The normalized spacial score (nSPS) is 16.6. The highest BCUT2D eigenvalue weighted by molar-refractivity contribution is 5.77. The van der Waals surface area contributed by atoms with Crippen LogP contribution in [0, 0.1) is 5.92 Å². The monoisotopic (exact) mass is 274 g/mol. The van der Waals surface area contributed by atoms with Crippen LogP contribution < -0.4 is 10.6 Å². The van der Waals surface area contributed by atoms with Crippen molar-refractivity contribution in [2.24, 2.45) is 5.92 Å². The largest absolute Gasteiger partial charge is 0.351 e. The van der Waals surface area contributed by atoms with Gasteiger partial charge in [-0.3, -0.25) is 4.79 Å². The average Bonchev–Trinajstić information content (AvgIpc) is 2.75. The first kappa shape index (κ1) is 15.0. The van der Waals surface area contributed by atoms with E-state index in [1.807, 2.05) is 30.3 Å². The van der Waals surface area contributed by atoms with Gasteiger partial charge in [-0.25, -0.2) is 0 Å². The van der Waals surface area contributed by atoms with Gasteiger partial charge in [-0.2, -0.15) is 0 Å². The zero-order valence-electron chi connectivity index (χ0n) is 12.2. The lowest BCUT2D eigenvalue weighted by Crippen LogP contribution is -2.35. The summed E-state index contributed by atoms with van der Waals surface area (Å²) in [5.41, 5.74) is 1.14. The van der Waals surface area contributed by atoms with Crippen LogP contribution in [0.5, 0.6) is 0 Å². The summed E-state index contributed by atoms with van der Waals surface area (Å²) in [6.07, 6.45) is 8.11. The molecule has 3 nitrogen and oxygen atoms in total. The molecule has 1 aliphatic carbocycles. The van der Waals surface area contributed by atoms with Gasteiger partial charge >= 0.3 is 0 Å². The molecule has 1 aliphatic rings. The molecule has 2 N–H and O–H groups in total. The average molecular weight is 274 g/mol. The molecule has 20 heavy (non-hydrogen) atoms. The van der Waals surface area contributed by atoms with E-state index >= 15 is 0 Å². The molecule has 1 saturated carbocycles. The number of carbonyl (C=O) groups excluding carboxylic acids is 1. The fraction of sp³-hybridized carbons (Fsp3) is 0.588. The molecular formula is C17H26N2O. The minimum Gasteiger partial charge on any atom is -0.351 e. The minimum absolute atomic E-state index is 0.0856. The maximum absolute atomic E-state index is 11.8. The molecule has 1 aromatic carbocycles. The van der Waals surface area contributed by atoms with Crippen molar-refractivity contribution in [3.8, 4) is 0 Å². The van der Waals surface area contributed by atoms with Crippen LogP contribution >= 0.6 is 0 Å². The quantitative estimate of drug-likeness (QED) is 0.783. The summed E-state index contributed by atoms with van der Waals surface area (Å²) in [4.78, 5) is 11.8. The van der Waals surface area contributed by atoms with Gasteiger partial charge in [-0.05, 0) is 30.9 Å². The van der Waals surface area contributed by atoms with Gasteiger partial charge in [-0.1, -0.05) is 56.0 Å². The van der Waals surface area contributed by atoms with E-state index in [9.17, 15) is 4.79 Å². The molecule has 0 aromatic heterocycles. The standard InChI is InChI=1S/C17H26N2O/c20-17(19-13-16-10-6-3-7-11-16)14-18-12-15-8-4-1-2-5-9-15/h3,6-7,10-11,15,18H,1-2,4-5,8-9,12-14H2,(H,19,20). The molecule has 0 aliphatic heterocycles. The Balaban J connectivity index is 1.58. The molecular weight excluding hydrogens is 248 g/mol. The van der Waals surface area contributed by atoms with Crippen molar-refractivity contribution >= 4 is 5.91 Å². The molecule has 0 heterocycles. The second kappa shape index (κ2) is 8.75. The number of hydrogen-bond acceptors (Lipinski definition) is 2. The lowest BCUT2D eigenvalue weighted by atomic mass is 10.0. The maximum Gasteiger partial charge on any atom is 0.234 e. The smallest absolute Gasteiger partial charge is 0.234 e. The van der Waals surface area contributed by atoms with E-state index in [1.165, 1.54) is 38.5 Å². The number of hydrogen-bond donors (Lipinski definition) is 2. The van der Waals surface area contributed by atoms with Crippen molar-refractivity contribution in [1.29, 1.82) is 0 Å². The second-order valence-corrected chi connectivity index (χ2v) is 5.75. The molecule has 0 unspecified atom stereocenters. The van der Waals surface area contributed by atoms with Crippen molar-refractivity contribution < 1.29 is 4.79 Å². The Kier molecular flexibility index (Phi) is 6.58. The summed E-state index contributed by atoms with van der Waals surface area (Å²) in [6.45, 7) is 2.03. The van der Waals surface area contributed by atoms with E-state index < -0.39 is 0 Å². The van der Waals surface area contributed by atoms with E-state index in [1.54, 1.807) is 0 Å². The first-order valence-corrected chi connectivity index (χ1v) is 7.86. The van der Waals surface area contributed by atoms with Gasteiger partial charge in [0.2, 0.25) is 5.91 Å². The molecule has 3 heteroatoms. The zero-order chi connectivity index (χ0) is 14.0.